The van der Waals surface area contributed by atoms with Gasteiger partial charge in [-0.25, -0.2) is 9.97 Å². The third-order valence-electron chi connectivity index (χ3n) is 1.58. The van der Waals surface area contributed by atoms with Crippen LogP contribution in [0.3, 0.4) is 0 Å². The molecule has 0 spiro atoms. The van der Waals surface area contributed by atoms with Gasteiger partial charge in [0.1, 0.15) is 11.4 Å². The molecule has 1 heterocycles. The minimum Gasteiger partial charge on any atom is -0.236 e. The van der Waals surface area contributed by atoms with Gasteiger partial charge >= 0.3 is 0 Å². The van der Waals surface area contributed by atoms with Gasteiger partial charge in [-0.3, -0.25) is 0 Å². The second kappa shape index (κ2) is 2.92. The maximum Gasteiger partial charge on any atom is 0.117 e. The molecule has 0 aliphatic heterocycles. The summed E-state index contributed by atoms with van der Waals surface area (Å²) >= 11 is 9.99. The number of thiol groups is 1. The van der Waals surface area contributed by atoms with Gasteiger partial charge in [-0.2, -0.15) is 0 Å². The fourth-order valence-corrected chi connectivity index (χ4v) is 1.42. The van der Waals surface area contributed by atoms with Gasteiger partial charge in [0, 0.05) is 10.4 Å². The van der Waals surface area contributed by atoms with Crippen molar-refractivity contribution in [2.45, 2.75) is 5.03 Å². The SMILES string of the molecule is Sc1ncnc2ccc(Cl)cc12. The smallest absolute Gasteiger partial charge is 0.117 e. The Labute approximate surface area is 80.0 Å². The molecule has 0 saturated heterocycles. The Morgan fingerprint density at radius 3 is 2.92 bits per heavy atom. The molecule has 0 unspecified atom stereocenters. The maximum absolute atomic E-state index is 5.80. The topological polar surface area (TPSA) is 25.8 Å². The predicted molar refractivity (Wildman–Crippen MR) is 51.8 cm³/mol. The molecule has 0 saturated carbocycles. The van der Waals surface area contributed by atoms with Crippen LogP contribution in [0.4, 0.5) is 0 Å². The normalized spacial score (nSPS) is 10.5. The van der Waals surface area contributed by atoms with E-state index in [0.29, 0.717) is 10.0 Å². The van der Waals surface area contributed by atoms with E-state index >= 15 is 0 Å². The predicted octanol–water partition coefficient (Wildman–Crippen LogP) is 2.57. The lowest BCUT2D eigenvalue weighted by molar-refractivity contribution is 1.11. The second-order valence-electron chi connectivity index (χ2n) is 2.36. The third-order valence-corrected chi connectivity index (χ3v) is 2.17. The van der Waals surface area contributed by atoms with E-state index in [2.05, 4.69) is 22.6 Å². The van der Waals surface area contributed by atoms with Crippen LogP contribution in [0.15, 0.2) is 29.6 Å². The summed E-state index contributed by atoms with van der Waals surface area (Å²) in [6.45, 7) is 0. The van der Waals surface area contributed by atoms with E-state index < -0.39 is 0 Å². The van der Waals surface area contributed by atoms with E-state index in [1.807, 2.05) is 6.07 Å². The highest BCUT2D eigenvalue weighted by molar-refractivity contribution is 7.80. The number of hydrogen-bond donors (Lipinski definition) is 1. The van der Waals surface area contributed by atoms with Gasteiger partial charge in [-0.05, 0) is 18.2 Å². The van der Waals surface area contributed by atoms with E-state index in [0.717, 1.165) is 10.9 Å². The molecule has 0 aliphatic rings. The molecule has 12 heavy (non-hydrogen) atoms. The van der Waals surface area contributed by atoms with Crippen molar-refractivity contribution in [2.75, 3.05) is 0 Å². The molecule has 0 N–H and O–H groups in total. The molecule has 0 atom stereocenters. The van der Waals surface area contributed by atoms with Crippen LogP contribution in [0.5, 0.6) is 0 Å². The van der Waals surface area contributed by atoms with Crippen LogP contribution in [0, 0.1) is 0 Å². The molecule has 0 amide bonds. The number of rotatable bonds is 0. The lowest BCUT2D eigenvalue weighted by Gasteiger charge is -1.98. The van der Waals surface area contributed by atoms with E-state index in [9.17, 15) is 0 Å². The summed E-state index contributed by atoms with van der Waals surface area (Å²) in [5.41, 5.74) is 0.861. The van der Waals surface area contributed by atoms with Gasteiger partial charge in [0.2, 0.25) is 0 Å². The van der Waals surface area contributed by atoms with Crippen LogP contribution < -0.4 is 0 Å². The largest absolute Gasteiger partial charge is 0.236 e. The molecule has 0 fully saturated rings. The van der Waals surface area contributed by atoms with Gasteiger partial charge in [0.05, 0.1) is 5.52 Å². The Hall–Kier alpha value is -0.800. The van der Waals surface area contributed by atoms with E-state index in [1.54, 1.807) is 12.1 Å². The second-order valence-corrected chi connectivity index (χ2v) is 3.22. The van der Waals surface area contributed by atoms with Crippen LogP contribution in [0.2, 0.25) is 5.02 Å². The maximum atomic E-state index is 5.80. The number of fused-ring (bicyclic) bond motifs is 1. The zero-order chi connectivity index (χ0) is 8.55. The number of benzene rings is 1. The number of hydrogen-bond acceptors (Lipinski definition) is 3. The lowest BCUT2D eigenvalue weighted by Crippen LogP contribution is -1.83. The van der Waals surface area contributed by atoms with Crippen molar-refractivity contribution < 1.29 is 0 Å². The van der Waals surface area contributed by atoms with Crippen LogP contribution in [0.1, 0.15) is 0 Å². The summed E-state index contributed by atoms with van der Waals surface area (Å²) in [7, 11) is 0. The zero-order valence-corrected chi connectivity index (χ0v) is 7.68. The lowest BCUT2D eigenvalue weighted by atomic mass is 10.2. The number of nitrogens with zero attached hydrogens (tertiary/aromatic N) is 2. The highest BCUT2D eigenvalue weighted by Crippen LogP contribution is 2.21. The first-order chi connectivity index (χ1) is 5.77. The minimum atomic E-state index is 0.655. The van der Waals surface area contributed by atoms with E-state index in [-0.39, 0.29) is 0 Å². The summed E-state index contributed by atoms with van der Waals surface area (Å²) in [5.74, 6) is 0. The molecule has 0 aliphatic carbocycles. The first-order valence-corrected chi connectivity index (χ1v) is 4.19. The summed E-state index contributed by atoms with van der Waals surface area (Å²) < 4.78 is 0. The summed E-state index contributed by atoms with van der Waals surface area (Å²) in [5, 5.41) is 2.21. The minimum absolute atomic E-state index is 0.655. The van der Waals surface area contributed by atoms with Crippen molar-refractivity contribution >= 4 is 35.1 Å². The molecule has 1 aromatic heterocycles. The summed E-state index contributed by atoms with van der Waals surface area (Å²) in [4.78, 5) is 8.01. The van der Waals surface area contributed by atoms with Crippen molar-refractivity contribution in [3.05, 3.63) is 29.5 Å². The van der Waals surface area contributed by atoms with Crippen molar-refractivity contribution in [1.82, 2.24) is 9.97 Å². The number of halogens is 1. The van der Waals surface area contributed by atoms with Crippen LogP contribution in [-0.2, 0) is 0 Å². The molecule has 4 heteroatoms. The van der Waals surface area contributed by atoms with Crippen molar-refractivity contribution in [3.63, 3.8) is 0 Å². The average Bonchev–Trinajstić information content (AvgIpc) is 2.07. The summed E-state index contributed by atoms with van der Waals surface area (Å²) in [6, 6.07) is 5.45. The fourth-order valence-electron chi connectivity index (χ4n) is 1.02. The Bertz CT molecular complexity index is 430. The van der Waals surface area contributed by atoms with Gasteiger partial charge in [0.15, 0.2) is 0 Å². The van der Waals surface area contributed by atoms with Crippen molar-refractivity contribution in [2.24, 2.45) is 0 Å². The number of aromatic nitrogens is 2. The molecule has 2 rings (SSSR count). The van der Waals surface area contributed by atoms with Crippen molar-refractivity contribution in [3.8, 4) is 0 Å². The zero-order valence-electron chi connectivity index (χ0n) is 6.03. The Kier molecular flexibility index (Phi) is 1.90. The first kappa shape index (κ1) is 7.83. The molecule has 1 aromatic carbocycles. The quantitative estimate of drug-likeness (QED) is 0.518. The molecule has 2 nitrogen and oxygen atoms in total. The highest BCUT2D eigenvalue weighted by atomic mass is 35.5. The van der Waals surface area contributed by atoms with Gasteiger partial charge in [0.25, 0.3) is 0 Å². The Morgan fingerprint density at radius 1 is 1.25 bits per heavy atom. The Morgan fingerprint density at radius 2 is 2.08 bits per heavy atom. The fraction of sp³-hybridized carbons (Fsp3) is 0. The molecule has 0 radical (unpaired) electrons. The Balaban J connectivity index is 2.88. The molecule has 2 aromatic rings. The van der Waals surface area contributed by atoms with Crippen LogP contribution in [0.25, 0.3) is 10.9 Å². The van der Waals surface area contributed by atoms with E-state index in [4.69, 9.17) is 11.6 Å². The monoisotopic (exact) mass is 196 g/mol. The van der Waals surface area contributed by atoms with Gasteiger partial charge in [-0.15, -0.1) is 12.6 Å². The third kappa shape index (κ3) is 1.26. The summed E-state index contributed by atoms with van der Waals surface area (Å²) in [6.07, 6.45) is 1.48. The molecular weight excluding hydrogens is 192 g/mol. The van der Waals surface area contributed by atoms with Gasteiger partial charge < -0.3 is 0 Å². The molecule has 0 bridgehead atoms. The highest BCUT2D eigenvalue weighted by Gasteiger charge is 1.99. The first-order valence-electron chi connectivity index (χ1n) is 3.36. The molecule has 60 valence electrons. The average molecular weight is 197 g/mol. The van der Waals surface area contributed by atoms with E-state index in [1.165, 1.54) is 6.33 Å². The van der Waals surface area contributed by atoms with Crippen LogP contribution >= 0.6 is 24.2 Å². The van der Waals surface area contributed by atoms with Gasteiger partial charge in [-0.1, -0.05) is 11.6 Å². The molecular formula is C8H5ClN2S. The van der Waals surface area contributed by atoms with Crippen LogP contribution in [-0.4, -0.2) is 9.97 Å². The van der Waals surface area contributed by atoms with Crippen molar-refractivity contribution in [1.29, 1.82) is 0 Å². The standard InChI is InChI=1S/C8H5ClN2S/c9-5-1-2-7-6(3-5)8(12)11-4-10-7/h1-4H,(H,10,11,12).